The van der Waals surface area contributed by atoms with E-state index in [1.54, 1.807) is 24.3 Å². The van der Waals surface area contributed by atoms with Gasteiger partial charge < -0.3 is 5.32 Å². The van der Waals surface area contributed by atoms with Gasteiger partial charge in [0.2, 0.25) is 0 Å². The van der Waals surface area contributed by atoms with Crippen molar-refractivity contribution < 1.29 is 8.42 Å². The molecule has 0 fully saturated rings. The number of aryl methyl sites for hydroxylation is 2. The summed E-state index contributed by atoms with van der Waals surface area (Å²) in [4.78, 5) is 9.49. The molecular weight excluding hydrogens is 334 g/mol. The molecule has 0 bridgehead atoms. The number of nitrogens with one attached hydrogen (secondary N) is 1. The average Bonchev–Trinajstić information content (AvgIpc) is 2.61. The molecule has 1 N–H and O–H groups in total. The molecule has 1 aliphatic carbocycles. The fraction of sp³-hybridized carbons (Fsp3) is 0.474. The number of aromatic nitrogens is 2. The molecular formula is C19H25N3O2S. The summed E-state index contributed by atoms with van der Waals surface area (Å²) in [5, 5.41) is 3.39. The summed E-state index contributed by atoms with van der Waals surface area (Å²) in [6.07, 6.45) is 4.94. The van der Waals surface area contributed by atoms with Gasteiger partial charge >= 0.3 is 0 Å². The Balaban J connectivity index is 1.83. The molecule has 0 saturated heterocycles. The molecule has 1 heterocycles. The lowest BCUT2D eigenvalue weighted by atomic mass is 9.96. The maximum absolute atomic E-state index is 12.7. The Bertz CT molecular complexity index is 835. The second kappa shape index (κ2) is 7.52. The first kappa shape index (κ1) is 17.9. The molecule has 2 aromatic rings. The average molecular weight is 359 g/mol. The van der Waals surface area contributed by atoms with E-state index in [0.717, 1.165) is 48.6 Å². The SMILES string of the molecule is CCC(CS(=O)(=O)c1ccccc1)Nc1nc(C)nc2c1CCCC2. The summed E-state index contributed by atoms with van der Waals surface area (Å²) < 4.78 is 25.3. The van der Waals surface area contributed by atoms with Crippen LogP contribution in [-0.2, 0) is 22.7 Å². The Labute approximate surface area is 149 Å². The molecule has 1 aromatic heterocycles. The minimum atomic E-state index is -3.33. The Morgan fingerprint density at radius 1 is 1.12 bits per heavy atom. The fourth-order valence-electron chi connectivity index (χ4n) is 3.28. The zero-order valence-corrected chi connectivity index (χ0v) is 15.6. The van der Waals surface area contributed by atoms with Crippen molar-refractivity contribution in [3.63, 3.8) is 0 Å². The smallest absolute Gasteiger partial charge is 0.180 e. The van der Waals surface area contributed by atoms with Crippen LogP contribution in [0.15, 0.2) is 35.2 Å². The number of anilines is 1. The van der Waals surface area contributed by atoms with Gasteiger partial charge in [0, 0.05) is 17.3 Å². The minimum Gasteiger partial charge on any atom is -0.366 e. The molecule has 25 heavy (non-hydrogen) atoms. The van der Waals surface area contributed by atoms with Gasteiger partial charge in [-0.05, 0) is 51.2 Å². The van der Waals surface area contributed by atoms with Crippen LogP contribution in [-0.4, -0.2) is 30.2 Å². The van der Waals surface area contributed by atoms with Crippen molar-refractivity contribution in [2.45, 2.75) is 56.9 Å². The molecule has 134 valence electrons. The lowest BCUT2D eigenvalue weighted by molar-refractivity contribution is 0.587. The number of rotatable bonds is 6. The van der Waals surface area contributed by atoms with Gasteiger partial charge in [-0.1, -0.05) is 25.1 Å². The summed E-state index contributed by atoms with van der Waals surface area (Å²) in [6.45, 7) is 3.89. The zero-order valence-electron chi connectivity index (χ0n) is 14.8. The predicted molar refractivity (Wildman–Crippen MR) is 99.6 cm³/mol. The largest absolute Gasteiger partial charge is 0.366 e. The van der Waals surface area contributed by atoms with Gasteiger partial charge in [0.05, 0.1) is 10.6 Å². The van der Waals surface area contributed by atoms with Crippen LogP contribution in [0.4, 0.5) is 5.82 Å². The highest BCUT2D eigenvalue weighted by atomic mass is 32.2. The number of benzene rings is 1. The van der Waals surface area contributed by atoms with Gasteiger partial charge in [-0.15, -0.1) is 0 Å². The molecule has 0 aliphatic heterocycles. The van der Waals surface area contributed by atoms with E-state index in [-0.39, 0.29) is 11.8 Å². The Kier molecular flexibility index (Phi) is 5.37. The van der Waals surface area contributed by atoms with Crippen molar-refractivity contribution in [1.82, 2.24) is 9.97 Å². The predicted octanol–water partition coefficient (Wildman–Crippen LogP) is 3.33. The van der Waals surface area contributed by atoms with Crippen molar-refractivity contribution in [3.8, 4) is 0 Å². The zero-order chi connectivity index (χ0) is 17.9. The van der Waals surface area contributed by atoms with Crippen molar-refractivity contribution in [2.75, 3.05) is 11.1 Å². The summed E-state index contributed by atoms with van der Waals surface area (Å²) in [5.74, 6) is 1.62. The van der Waals surface area contributed by atoms with E-state index >= 15 is 0 Å². The molecule has 6 heteroatoms. The number of fused-ring (bicyclic) bond motifs is 1. The van der Waals surface area contributed by atoms with E-state index in [2.05, 4.69) is 15.3 Å². The molecule has 1 atom stereocenters. The van der Waals surface area contributed by atoms with Crippen LogP contribution in [0, 0.1) is 6.92 Å². The third-order valence-corrected chi connectivity index (χ3v) is 6.48. The van der Waals surface area contributed by atoms with E-state index in [4.69, 9.17) is 0 Å². The quantitative estimate of drug-likeness (QED) is 0.856. The summed E-state index contributed by atoms with van der Waals surface area (Å²) >= 11 is 0. The van der Waals surface area contributed by atoms with Crippen LogP contribution in [0.3, 0.4) is 0 Å². The van der Waals surface area contributed by atoms with E-state index in [9.17, 15) is 8.42 Å². The van der Waals surface area contributed by atoms with Gasteiger partial charge in [0.1, 0.15) is 11.6 Å². The van der Waals surface area contributed by atoms with E-state index < -0.39 is 9.84 Å². The first-order valence-corrected chi connectivity index (χ1v) is 10.6. The number of hydrogen-bond donors (Lipinski definition) is 1. The summed E-state index contributed by atoms with van der Waals surface area (Å²) in [6, 6.07) is 8.46. The van der Waals surface area contributed by atoms with Crippen molar-refractivity contribution >= 4 is 15.7 Å². The number of nitrogens with zero attached hydrogens (tertiary/aromatic N) is 2. The number of hydrogen-bond acceptors (Lipinski definition) is 5. The fourth-order valence-corrected chi connectivity index (χ4v) is 4.89. The molecule has 0 radical (unpaired) electrons. The van der Waals surface area contributed by atoms with Crippen molar-refractivity contribution in [1.29, 1.82) is 0 Å². The van der Waals surface area contributed by atoms with Crippen LogP contribution in [0.5, 0.6) is 0 Å². The molecule has 0 spiro atoms. The standard InChI is InChI=1S/C19H25N3O2S/c1-3-15(13-25(23,24)16-9-5-4-6-10-16)22-19-17-11-7-8-12-18(17)20-14(2)21-19/h4-6,9-10,15H,3,7-8,11-13H2,1-2H3,(H,20,21,22). The Morgan fingerprint density at radius 3 is 2.56 bits per heavy atom. The van der Waals surface area contributed by atoms with E-state index in [1.165, 1.54) is 0 Å². The van der Waals surface area contributed by atoms with E-state index in [0.29, 0.717) is 11.3 Å². The third kappa shape index (κ3) is 4.18. The van der Waals surface area contributed by atoms with Gasteiger partial charge in [0.25, 0.3) is 0 Å². The Morgan fingerprint density at radius 2 is 1.84 bits per heavy atom. The lowest BCUT2D eigenvalue weighted by Gasteiger charge is -2.23. The molecule has 5 nitrogen and oxygen atoms in total. The molecule has 1 aliphatic rings. The normalized spacial score (nSPS) is 15.4. The Hall–Kier alpha value is -1.95. The molecule has 3 rings (SSSR count). The highest BCUT2D eigenvalue weighted by Gasteiger charge is 2.23. The summed E-state index contributed by atoms with van der Waals surface area (Å²) in [5.41, 5.74) is 2.27. The van der Waals surface area contributed by atoms with Gasteiger partial charge in [0.15, 0.2) is 9.84 Å². The topological polar surface area (TPSA) is 72.0 Å². The monoisotopic (exact) mass is 359 g/mol. The highest BCUT2D eigenvalue weighted by Crippen LogP contribution is 2.26. The maximum Gasteiger partial charge on any atom is 0.180 e. The van der Waals surface area contributed by atoms with E-state index in [1.807, 2.05) is 19.9 Å². The summed E-state index contributed by atoms with van der Waals surface area (Å²) in [7, 11) is -3.33. The van der Waals surface area contributed by atoms with Crippen molar-refractivity contribution in [3.05, 3.63) is 47.4 Å². The third-order valence-electron chi connectivity index (χ3n) is 4.65. The molecule has 0 saturated carbocycles. The molecule has 0 amide bonds. The van der Waals surface area contributed by atoms with Crippen LogP contribution in [0.1, 0.15) is 43.3 Å². The maximum atomic E-state index is 12.7. The first-order valence-electron chi connectivity index (χ1n) is 8.90. The van der Waals surface area contributed by atoms with Crippen molar-refractivity contribution in [2.24, 2.45) is 0 Å². The molecule has 1 aromatic carbocycles. The number of sulfone groups is 1. The van der Waals surface area contributed by atoms with Gasteiger partial charge in [-0.3, -0.25) is 0 Å². The second-order valence-electron chi connectivity index (χ2n) is 6.60. The second-order valence-corrected chi connectivity index (χ2v) is 8.63. The highest BCUT2D eigenvalue weighted by molar-refractivity contribution is 7.91. The van der Waals surface area contributed by atoms with Crippen LogP contribution < -0.4 is 5.32 Å². The van der Waals surface area contributed by atoms with Gasteiger partial charge in [-0.2, -0.15) is 0 Å². The molecule has 1 unspecified atom stereocenters. The van der Waals surface area contributed by atoms with Crippen LogP contribution in [0.2, 0.25) is 0 Å². The van der Waals surface area contributed by atoms with Gasteiger partial charge in [-0.25, -0.2) is 18.4 Å². The first-order chi connectivity index (χ1) is 12.0. The minimum absolute atomic E-state index is 0.0609. The van der Waals surface area contributed by atoms with Crippen LogP contribution >= 0.6 is 0 Å². The van der Waals surface area contributed by atoms with Crippen LogP contribution in [0.25, 0.3) is 0 Å². The lowest BCUT2D eigenvalue weighted by Crippen LogP contribution is -2.30.